The van der Waals surface area contributed by atoms with Crippen molar-refractivity contribution in [1.29, 1.82) is 0 Å². The second kappa shape index (κ2) is 16.0. The van der Waals surface area contributed by atoms with Gasteiger partial charge in [-0.15, -0.1) is 0 Å². The second-order valence-electron chi connectivity index (χ2n) is 4.77. The first kappa shape index (κ1) is 25.6. The quantitative estimate of drug-likeness (QED) is 0.439. The Bertz CT molecular complexity index is 395. The van der Waals surface area contributed by atoms with Crippen LogP contribution in [0.5, 0.6) is 0 Å². The lowest BCUT2D eigenvalue weighted by atomic mass is 10.2. The van der Waals surface area contributed by atoms with Gasteiger partial charge in [0.15, 0.2) is 0 Å². The zero-order chi connectivity index (χ0) is 19.0. The van der Waals surface area contributed by atoms with E-state index in [1.54, 1.807) is 13.8 Å². The van der Waals surface area contributed by atoms with Gasteiger partial charge in [-0.25, -0.2) is 14.4 Å². The first-order chi connectivity index (χ1) is 10.5. The van der Waals surface area contributed by atoms with Crippen LogP contribution in [0.25, 0.3) is 0 Å². The van der Waals surface area contributed by atoms with Crippen LogP contribution in [-0.4, -0.2) is 38.7 Å². The van der Waals surface area contributed by atoms with Crippen LogP contribution in [0.1, 0.15) is 27.7 Å². The summed E-state index contributed by atoms with van der Waals surface area (Å²) in [5.41, 5.74) is 0.866. The molecule has 0 rings (SSSR count). The lowest BCUT2D eigenvalue weighted by Crippen LogP contribution is -2.06. The minimum absolute atomic E-state index is 0.344. The van der Waals surface area contributed by atoms with Crippen LogP contribution in [0.4, 0.5) is 0 Å². The first-order valence-corrected chi connectivity index (χ1v) is 6.80. The van der Waals surface area contributed by atoms with E-state index in [4.69, 9.17) is 4.74 Å². The highest BCUT2D eigenvalue weighted by Gasteiger charge is 1.97. The van der Waals surface area contributed by atoms with Crippen molar-refractivity contribution in [3.05, 3.63) is 37.0 Å². The number of ether oxygens (including phenoxy) is 3. The Hall–Kier alpha value is -2.37. The van der Waals surface area contributed by atoms with Crippen molar-refractivity contribution in [3.8, 4) is 0 Å². The Balaban J connectivity index is -0.000000264. The lowest BCUT2D eigenvalue weighted by Gasteiger charge is -2.02. The van der Waals surface area contributed by atoms with Crippen molar-refractivity contribution in [2.75, 3.05) is 20.8 Å². The molecule has 6 heteroatoms. The Labute approximate surface area is 138 Å². The molecule has 0 aromatic carbocycles. The maximum absolute atomic E-state index is 10.4. The molecule has 0 N–H and O–H groups in total. The van der Waals surface area contributed by atoms with Gasteiger partial charge in [0.05, 0.1) is 20.8 Å². The van der Waals surface area contributed by atoms with Crippen molar-refractivity contribution in [3.63, 3.8) is 0 Å². The second-order valence-corrected chi connectivity index (χ2v) is 4.77. The molecule has 0 aliphatic rings. The number of hydrogen-bond acceptors (Lipinski definition) is 6. The molecule has 0 radical (unpaired) electrons. The van der Waals surface area contributed by atoms with Gasteiger partial charge in [-0.3, -0.25) is 0 Å². The molecule has 0 spiro atoms. The highest BCUT2D eigenvalue weighted by Crippen LogP contribution is 1.92. The molecule has 0 aliphatic heterocycles. The van der Waals surface area contributed by atoms with Crippen LogP contribution in [-0.2, 0) is 28.6 Å². The van der Waals surface area contributed by atoms with E-state index in [1.165, 1.54) is 20.3 Å². The van der Waals surface area contributed by atoms with Crippen LogP contribution in [0.3, 0.4) is 0 Å². The largest absolute Gasteiger partial charge is 0.466 e. The van der Waals surface area contributed by atoms with Gasteiger partial charge in [0.2, 0.25) is 0 Å². The molecule has 0 amide bonds. The number of hydrogen-bond donors (Lipinski definition) is 0. The third kappa shape index (κ3) is 22.1. The SMILES string of the molecule is C=C(C)C(=O)OC.C=C(C)C(=O)OC.C=CC(=O)OCC(C)C. The van der Waals surface area contributed by atoms with Crippen LogP contribution in [0.2, 0.25) is 0 Å². The van der Waals surface area contributed by atoms with Gasteiger partial charge in [0.25, 0.3) is 0 Å². The molecule has 6 nitrogen and oxygen atoms in total. The smallest absolute Gasteiger partial charge is 0.332 e. The molecule has 0 bridgehead atoms. The van der Waals surface area contributed by atoms with Gasteiger partial charge >= 0.3 is 17.9 Å². The molecule has 0 aromatic rings. The van der Waals surface area contributed by atoms with Crippen molar-refractivity contribution in [1.82, 2.24) is 0 Å². The fourth-order valence-corrected chi connectivity index (χ4v) is 0.656. The minimum atomic E-state index is -0.347. The number of carbonyl (C=O) groups is 3. The van der Waals surface area contributed by atoms with Crippen LogP contribution >= 0.6 is 0 Å². The molecule has 0 aromatic heterocycles. The summed E-state index contributed by atoms with van der Waals surface area (Å²) in [5.74, 6) is -0.641. The molecule has 0 unspecified atom stereocenters. The van der Waals surface area contributed by atoms with Crippen LogP contribution in [0.15, 0.2) is 37.0 Å². The summed E-state index contributed by atoms with van der Waals surface area (Å²) in [6, 6.07) is 0. The Kier molecular flexibility index (Phi) is 17.8. The average Bonchev–Trinajstić information content (AvgIpc) is 2.51. The maximum atomic E-state index is 10.4. The van der Waals surface area contributed by atoms with Crippen molar-refractivity contribution in [2.45, 2.75) is 27.7 Å². The van der Waals surface area contributed by atoms with Gasteiger partial charge < -0.3 is 14.2 Å². The molecule has 0 aliphatic carbocycles. The predicted octanol–water partition coefficient (Wildman–Crippen LogP) is 2.84. The normalized spacial score (nSPS) is 8.30. The molecule has 0 saturated heterocycles. The van der Waals surface area contributed by atoms with Gasteiger partial charge in [-0.05, 0) is 19.8 Å². The summed E-state index contributed by atoms with van der Waals surface area (Å²) in [6.45, 7) is 17.6. The van der Waals surface area contributed by atoms with E-state index in [2.05, 4.69) is 29.2 Å². The first-order valence-electron chi connectivity index (χ1n) is 6.80. The van der Waals surface area contributed by atoms with E-state index < -0.39 is 0 Å². The van der Waals surface area contributed by atoms with Crippen molar-refractivity contribution < 1.29 is 28.6 Å². The van der Waals surface area contributed by atoms with E-state index in [0.29, 0.717) is 23.7 Å². The van der Waals surface area contributed by atoms with E-state index in [-0.39, 0.29) is 17.9 Å². The fourth-order valence-electron chi connectivity index (χ4n) is 0.656. The van der Waals surface area contributed by atoms with E-state index >= 15 is 0 Å². The summed E-state index contributed by atoms with van der Waals surface area (Å²) < 4.78 is 13.2. The zero-order valence-corrected chi connectivity index (χ0v) is 14.9. The Morgan fingerprint density at radius 2 is 1.30 bits per heavy atom. The lowest BCUT2D eigenvalue weighted by molar-refractivity contribution is -0.139. The third-order valence-corrected chi connectivity index (χ3v) is 1.79. The highest BCUT2D eigenvalue weighted by molar-refractivity contribution is 5.87. The van der Waals surface area contributed by atoms with E-state index in [0.717, 1.165) is 0 Å². The molecule has 0 atom stereocenters. The zero-order valence-electron chi connectivity index (χ0n) is 14.9. The molecule has 0 saturated carbocycles. The van der Waals surface area contributed by atoms with Crippen molar-refractivity contribution in [2.24, 2.45) is 5.92 Å². The minimum Gasteiger partial charge on any atom is -0.466 e. The van der Waals surface area contributed by atoms with Crippen molar-refractivity contribution >= 4 is 17.9 Å². The van der Waals surface area contributed by atoms with Gasteiger partial charge in [-0.2, -0.15) is 0 Å². The Morgan fingerprint density at radius 1 is 0.957 bits per heavy atom. The number of rotatable bonds is 5. The molecular formula is C17H28O6. The number of esters is 3. The standard InChI is InChI=1S/C7H12O2.2C5H8O2/c1-4-7(8)9-5-6(2)3;2*1-4(2)5(6)7-3/h4,6H,1,5H2,2-3H3;2*1H2,2-3H3. The molecule has 0 fully saturated rings. The molecule has 23 heavy (non-hydrogen) atoms. The van der Waals surface area contributed by atoms with Crippen LogP contribution in [0, 0.1) is 5.92 Å². The summed E-state index contributed by atoms with van der Waals surface area (Å²) >= 11 is 0. The van der Waals surface area contributed by atoms with Gasteiger partial charge in [0, 0.05) is 17.2 Å². The highest BCUT2D eigenvalue weighted by atomic mass is 16.5. The summed E-state index contributed by atoms with van der Waals surface area (Å²) in [7, 11) is 2.66. The summed E-state index contributed by atoms with van der Waals surface area (Å²) in [4.78, 5) is 30.8. The summed E-state index contributed by atoms with van der Waals surface area (Å²) in [5, 5.41) is 0. The van der Waals surface area contributed by atoms with Gasteiger partial charge in [0.1, 0.15) is 0 Å². The monoisotopic (exact) mass is 328 g/mol. The maximum Gasteiger partial charge on any atom is 0.332 e. The molecule has 0 heterocycles. The van der Waals surface area contributed by atoms with Gasteiger partial charge in [-0.1, -0.05) is 33.6 Å². The number of carbonyl (C=O) groups excluding carboxylic acids is 3. The van der Waals surface area contributed by atoms with E-state index in [9.17, 15) is 14.4 Å². The molecule has 132 valence electrons. The Morgan fingerprint density at radius 3 is 1.43 bits per heavy atom. The summed E-state index contributed by atoms with van der Waals surface area (Å²) in [6.07, 6.45) is 1.17. The third-order valence-electron chi connectivity index (χ3n) is 1.79. The molecular weight excluding hydrogens is 300 g/mol. The topological polar surface area (TPSA) is 78.9 Å². The average molecular weight is 328 g/mol. The van der Waals surface area contributed by atoms with Crippen LogP contribution < -0.4 is 0 Å². The van der Waals surface area contributed by atoms with E-state index in [1.807, 2.05) is 13.8 Å². The fraction of sp³-hybridized carbons (Fsp3) is 0.471. The number of methoxy groups -OCH3 is 2. The predicted molar refractivity (Wildman–Crippen MR) is 89.7 cm³/mol.